The van der Waals surface area contributed by atoms with Gasteiger partial charge >= 0.3 is 0 Å². The number of benzene rings is 2. The van der Waals surface area contributed by atoms with E-state index >= 15 is 0 Å². The summed E-state index contributed by atoms with van der Waals surface area (Å²) in [6.07, 6.45) is 4.45. The summed E-state index contributed by atoms with van der Waals surface area (Å²) in [5.41, 5.74) is 8.70. The average molecular weight is 539 g/mol. The number of rotatable bonds is 8. The molecule has 2 saturated heterocycles. The van der Waals surface area contributed by atoms with Crippen molar-refractivity contribution >= 4 is 27.7 Å². The molecule has 0 amide bonds. The lowest BCUT2D eigenvalue weighted by molar-refractivity contribution is 0.0129. The van der Waals surface area contributed by atoms with E-state index in [9.17, 15) is 9.32 Å². The number of fused-ring (bicyclic) bond motifs is 1. The highest BCUT2D eigenvalue weighted by Crippen LogP contribution is 2.32. The first kappa shape index (κ1) is 27.3. The number of piperidine rings is 2. The van der Waals surface area contributed by atoms with Gasteiger partial charge in [0.15, 0.2) is 5.82 Å². The van der Waals surface area contributed by atoms with Crippen molar-refractivity contribution in [1.29, 1.82) is 0 Å². The predicted molar refractivity (Wildman–Crippen MR) is 155 cm³/mol. The summed E-state index contributed by atoms with van der Waals surface area (Å²) in [5.74, 6) is 1.43. The lowest BCUT2D eigenvalue weighted by Crippen LogP contribution is -2.45. The topological polar surface area (TPSA) is 99.7 Å². The fourth-order valence-corrected chi connectivity index (χ4v) is 7.36. The number of hydrogen-bond donors (Lipinski definition) is 3. The first-order valence-electron chi connectivity index (χ1n) is 13.8. The van der Waals surface area contributed by atoms with Gasteiger partial charge in [0.1, 0.15) is 11.0 Å². The van der Waals surface area contributed by atoms with Gasteiger partial charge in [0, 0.05) is 51.6 Å². The van der Waals surface area contributed by atoms with Crippen molar-refractivity contribution in [1.82, 2.24) is 19.0 Å². The molecule has 2 aromatic carbocycles. The zero-order valence-corrected chi connectivity index (χ0v) is 23.7. The molecule has 3 aromatic rings. The summed E-state index contributed by atoms with van der Waals surface area (Å²) in [7, 11) is 2.72. The van der Waals surface area contributed by atoms with Crippen LogP contribution in [0.1, 0.15) is 49.7 Å². The van der Waals surface area contributed by atoms with Crippen LogP contribution in [0.15, 0.2) is 47.4 Å². The molecule has 8 nitrogen and oxygen atoms in total. The minimum absolute atomic E-state index is 0.214. The molecule has 38 heavy (non-hydrogen) atoms. The number of β-amino-alcohol motifs (C(OH)–C–C–N with tert-alkyl or cyclic N) is 1. The molecule has 2 aliphatic heterocycles. The van der Waals surface area contributed by atoms with Crippen molar-refractivity contribution in [3.05, 3.63) is 53.6 Å². The van der Waals surface area contributed by atoms with E-state index in [0.29, 0.717) is 18.9 Å². The molecule has 0 saturated carbocycles. The first-order chi connectivity index (χ1) is 18.2. The molecule has 0 bridgehead atoms. The minimum atomic E-state index is -1.19. The number of likely N-dealkylation sites (tertiary alicyclic amines) is 1. The second-order valence-corrected chi connectivity index (χ2v) is 12.9. The maximum absolute atomic E-state index is 13.1. The van der Waals surface area contributed by atoms with Crippen LogP contribution < -0.4 is 11.1 Å². The van der Waals surface area contributed by atoms with Gasteiger partial charge < -0.3 is 21.1 Å². The summed E-state index contributed by atoms with van der Waals surface area (Å²) < 4.78 is 17.1. The van der Waals surface area contributed by atoms with E-state index in [1.54, 1.807) is 0 Å². The highest BCUT2D eigenvalue weighted by atomic mass is 32.2. The Kier molecular flexibility index (Phi) is 8.21. The van der Waals surface area contributed by atoms with E-state index in [1.165, 1.54) is 5.56 Å². The number of nitrogens with two attached hydrogens (primary N) is 1. The van der Waals surface area contributed by atoms with Gasteiger partial charge in [0.25, 0.3) is 0 Å². The first-order valence-corrected chi connectivity index (χ1v) is 14.9. The molecule has 0 aliphatic carbocycles. The van der Waals surface area contributed by atoms with E-state index in [4.69, 9.17) is 5.73 Å². The highest BCUT2D eigenvalue weighted by Gasteiger charge is 2.29. The number of aromatic nitrogens is 2. The van der Waals surface area contributed by atoms with Gasteiger partial charge in [-0.3, -0.25) is 4.68 Å². The van der Waals surface area contributed by atoms with Gasteiger partial charge in [-0.25, -0.2) is 8.51 Å². The maximum atomic E-state index is 13.1. The molecular formula is C29H42N6O2S. The van der Waals surface area contributed by atoms with E-state index in [2.05, 4.69) is 33.5 Å². The molecule has 206 valence electrons. The number of anilines is 1. The minimum Gasteiger partial charge on any atom is -0.388 e. The molecule has 0 spiro atoms. The highest BCUT2D eigenvalue weighted by molar-refractivity contribution is 7.82. The van der Waals surface area contributed by atoms with Crippen LogP contribution in [0.25, 0.3) is 10.9 Å². The van der Waals surface area contributed by atoms with Gasteiger partial charge in [-0.15, -0.1) is 0 Å². The Morgan fingerprint density at radius 1 is 1.11 bits per heavy atom. The number of hydrogen-bond acceptors (Lipinski definition) is 6. The largest absolute Gasteiger partial charge is 0.388 e. The van der Waals surface area contributed by atoms with Crippen molar-refractivity contribution in [2.24, 2.45) is 12.8 Å². The second kappa shape index (κ2) is 11.4. The van der Waals surface area contributed by atoms with Crippen LogP contribution in [0.3, 0.4) is 0 Å². The number of aryl methyl sites for hydroxylation is 1. The van der Waals surface area contributed by atoms with Crippen LogP contribution in [-0.2, 0) is 24.5 Å². The van der Waals surface area contributed by atoms with Crippen LogP contribution in [0.4, 0.5) is 5.82 Å². The molecule has 9 heteroatoms. The summed E-state index contributed by atoms with van der Waals surface area (Å²) >= 11 is 0. The fourth-order valence-electron chi connectivity index (χ4n) is 6.07. The monoisotopic (exact) mass is 538 g/mol. The molecule has 1 aromatic heterocycles. The molecule has 3 heterocycles. The smallest absolute Gasteiger partial charge is 0.155 e. The predicted octanol–water partition coefficient (Wildman–Crippen LogP) is 3.23. The van der Waals surface area contributed by atoms with Gasteiger partial charge in [0.05, 0.1) is 16.0 Å². The normalized spacial score (nSPS) is 21.0. The van der Waals surface area contributed by atoms with Crippen LogP contribution in [0, 0.1) is 0 Å². The molecule has 5 rings (SSSR count). The van der Waals surface area contributed by atoms with Crippen molar-refractivity contribution in [3.8, 4) is 0 Å². The summed E-state index contributed by atoms with van der Waals surface area (Å²) in [5, 5.41) is 20.2. The number of nitrogens with one attached hydrogen (secondary N) is 1. The van der Waals surface area contributed by atoms with Gasteiger partial charge in [-0.1, -0.05) is 18.2 Å². The van der Waals surface area contributed by atoms with Crippen molar-refractivity contribution < 1.29 is 9.32 Å². The van der Waals surface area contributed by atoms with E-state index in [1.807, 2.05) is 54.3 Å². The summed E-state index contributed by atoms with van der Waals surface area (Å²) in [4.78, 5) is 3.19. The van der Waals surface area contributed by atoms with Gasteiger partial charge in [-0.2, -0.15) is 5.10 Å². The Morgan fingerprint density at radius 2 is 1.84 bits per heavy atom. The zero-order chi connectivity index (χ0) is 26.9. The standard InChI is InChI=1S/C29H42N6O2S/c1-29(36,19-21-5-4-6-25(17-21)38(37)35-15-11-24(30)12-16-35)20-34-13-9-22(10-14-34)23-7-8-26-27(18-23)33(3)32-28(26)31-2/h4-8,17-18,22,24,36H,9-16,19-20,30H2,1-3H3,(H,31,32). The second-order valence-electron chi connectivity index (χ2n) is 11.4. The SMILES string of the molecule is CNc1nn(C)c2cc(C3CCN(CC(C)(O)Cc4cccc(S(=O)N5CCC(N)CC5)c4)CC3)ccc12. The van der Waals surface area contributed by atoms with Crippen molar-refractivity contribution in [3.63, 3.8) is 0 Å². The molecule has 0 radical (unpaired) electrons. The van der Waals surface area contributed by atoms with Crippen molar-refractivity contribution in [2.45, 2.75) is 61.5 Å². The van der Waals surface area contributed by atoms with Gasteiger partial charge in [0.2, 0.25) is 0 Å². The molecule has 4 N–H and O–H groups in total. The lowest BCUT2D eigenvalue weighted by Gasteiger charge is -2.37. The summed E-state index contributed by atoms with van der Waals surface area (Å²) in [6.45, 7) is 6.01. The molecule has 2 aliphatic rings. The number of aliphatic hydroxyl groups is 1. The van der Waals surface area contributed by atoms with Crippen LogP contribution in [0.5, 0.6) is 0 Å². The fraction of sp³-hybridized carbons (Fsp3) is 0.552. The average Bonchev–Trinajstić information content (AvgIpc) is 3.23. The van der Waals surface area contributed by atoms with Crippen LogP contribution >= 0.6 is 0 Å². The van der Waals surface area contributed by atoms with E-state index in [0.717, 1.165) is 79.0 Å². The maximum Gasteiger partial charge on any atom is 0.155 e. The third kappa shape index (κ3) is 6.13. The molecule has 2 fully saturated rings. The molecule has 2 atom stereocenters. The molecule has 2 unspecified atom stereocenters. The Balaban J connectivity index is 1.17. The van der Waals surface area contributed by atoms with E-state index in [-0.39, 0.29) is 6.04 Å². The number of nitrogens with zero attached hydrogens (tertiary/aromatic N) is 4. The third-order valence-corrected chi connectivity index (χ3v) is 9.65. The zero-order valence-electron chi connectivity index (χ0n) is 22.9. The van der Waals surface area contributed by atoms with E-state index < -0.39 is 16.6 Å². The Morgan fingerprint density at radius 3 is 2.55 bits per heavy atom. The van der Waals surface area contributed by atoms with Gasteiger partial charge in [-0.05, 0) is 87.0 Å². The third-order valence-electron chi connectivity index (χ3n) is 8.15. The lowest BCUT2D eigenvalue weighted by atomic mass is 9.88. The Bertz CT molecular complexity index is 1280. The van der Waals surface area contributed by atoms with Crippen LogP contribution in [-0.4, -0.2) is 79.7 Å². The Labute approximate surface area is 228 Å². The molecular weight excluding hydrogens is 496 g/mol. The Hall–Kier alpha value is -2.30. The quantitative estimate of drug-likeness (QED) is 0.407. The summed E-state index contributed by atoms with van der Waals surface area (Å²) in [6, 6.07) is 14.8. The van der Waals surface area contributed by atoms with Crippen molar-refractivity contribution in [2.75, 3.05) is 45.1 Å². The van der Waals surface area contributed by atoms with Crippen LogP contribution in [0.2, 0.25) is 0 Å².